The van der Waals surface area contributed by atoms with Crippen LogP contribution in [0.2, 0.25) is 0 Å². The second kappa shape index (κ2) is 7.54. The van der Waals surface area contributed by atoms with Crippen LogP contribution in [0.5, 0.6) is 0 Å². The maximum absolute atomic E-state index is 10.8. The first-order valence-electron chi connectivity index (χ1n) is 3.82. The smallest absolute Gasteiger partial charge is 0.223 e. The Hall–Kier alpha value is -0.570. The van der Waals surface area contributed by atoms with Gasteiger partial charge < -0.3 is 10.4 Å². The molecule has 0 bridgehead atoms. The number of carbonyl (C=O) groups is 1. The Labute approximate surface area is 67.8 Å². The molecule has 0 aromatic rings. The van der Waals surface area contributed by atoms with Crippen LogP contribution in [-0.4, -0.2) is 24.2 Å². The van der Waals surface area contributed by atoms with Crippen molar-refractivity contribution in [2.24, 2.45) is 0 Å². The first kappa shape index (κ1) is 10.4. The minimum Gasteiger partial charge on any atom is -0.395 e. The predicted octanol–water partition coefficient (Wildman–Crippen LogP) is 0.304. The zero-order valence-electron chi connectivity index (χ0n) is 6.68. The van der Waals surface area contributed by atoms with Gasteiger partial charge in [0.1, 0.15) is 0 Å². The quantitative estimate of drug-likeness (QED) is 0.545. The molecule has 0 saturated heterocycles. The largest absolute Gasteiger partial charge is 0.395 e. The number of unbranched alkanes of at least 4 members (excludes halogenated alkanes) is 2. The monoisotopic (exact) mass is 157 g/mol. The maximum Gasteiger partial charge on any atom is 0.223 e. The molecule has 0 atom stereocenters. The van der Waals surface area contributed by atoms with Crippen LogP contribution in [0.3, 0.4) is 0 Å². The van der Waals surface area contributed by atoms with Crippen LogP contribution in [0.4, 0.5) is 0 Å². The van der Waals surface area contributed by atoms with Gasteiger partial charge in [0, 0.05) is 13.0 Å². The Balaban J connectivity index is 3.09. The Bertz CT molecular complexity index is 104. The summed E-state index contributed by atoms with van der Waals surface area (Å²) in [6, 6.07) is 0. The number of hydrogen-bond donors (Lipinski definition) is 2. The van der Waals surface area contributed by atoms with Gasteiger partial charge in [0.15, 0.2) is 0 Å². The van der Waals surface area contributed by atoms with Crippen LogP contribution in [0.1, 0.15) is 19.3 Å². The first-order chi connectivity index (χ1) is 5.31. The summed E-state index contributed by atoms with van der Waals surface area (Å²) in [6.45, 7) is 3.98. The number of rotatable bonds is 6. The third-order valence-corrected chi connectivity index (χ3v) is 1.19. The molecule has 0 aromatic heterocycles. The van der Waals surface area contributed by atoms with Gasteiger partial charge in [-0.05, 0) is 6.42 Å². The van der Waals surface area contributed by atoms with Crippen molar-refractivity contribution in [3.63, 3.8) is 0 Å². The molecule has 0 spiro atoms. The van der Waals surface area contributed by atoms with Gasteiger partial charge >= 0.3 is 0 Å². The Morgan fingerprint density at radius 1 is 1.64 bits per heavy atom. The van der Waals surface area contributed by atoms with Gasteiger partial charge in [-0.1, -0.05) is 19.8 Å². The summed E-state index contributed by atoms with van der Waals surface area (Å²) in [5.41, 5.74) is 0. The van der Waals surface area contributed by atoms with Gasteiger partial charge in [-0.3, -0.25) is 4.79 Å². The van der Waals surface area contributed by atoms with E-state index in [9.17, 15) is 4.79 Å². The highest BCUT2D eigenvalue weighted by Gasteiger charge is 1.98. The SMILES string of the molecule is [CH2]CCC[CH]C(=O)NCCO. The summed E-state index contributed by atoms with van der Waals surface area (Å²) < 4.78 is 0. The van der Waals surface area contributed by atoms with E-state index in [2.05, 4.69) is 12.2 Å². The minimum absolute atomic E-state index is 0.00505. The Morgan fingerprint density at radius 2 is 2.36 bits per heavy atom. The Kier molecular flexibility index (Phi) is 7.15. The number of hydrogen-bond acceptors (Lipinski definition) is 2. The fourth-order valence-corrected chi connectivity index (χ4v) is 0.629. The number of nitrogens with one attached hydrogen (secondary N) is 1. The molecule has 0 aromatic carbocycles. The summed E-state index contributed by atoms with van der Waals surface area (Å²) >= 11 is 0. The van der Waals surface area contributed by atoms with Crippen LogP contribution in [0.15, 0.2) is 0 Å². The molecule has 0 aliphatic heterocycles. The summed E-state index contributed by atoms with van der Waals surface area (Å²) in [4.78, 5) is 10.8. The molecular formula is C8H15NO2. The molecule has 2 N–H and O–H groups in total. The van der Waals surface area contributed by atoms with Crippen molar-refractivity contribution in [2.75, 3.05) is 13.2 Å². The minimum atomic E-state index is -0.104. The molecule has 0 aliphatic carbocycles. The van der Waals surface area contributed by atoms with Crippen LogP contribution >= 0.6 is 0 Å². The lowest BCUT2D eigenvalue weighted by atomic mass is 10.2. The van der Waals surface area contributed by atoms with Crippen molar-refractivity contribution in [3.05, 3.63) is 13.3 Å². The van der Waals surface area contributed by atoms with Gasteiger partial charge in [-0.15, -0.1) is 0 Å². The molecule has 11 heavy (non-hydrogen) atoms. The lowest BCUT2D eigenvalue weighted by Gasteiger charge is -2.00. The zero-order chi connectivity index (χ0) is 8.53. The third-order valence-electron chi connectivity index (χ3n) is 1.19. The van der Waals surface area contributed by atoms with Crippen LogP contribution in [0.25, 0.3) is 0 Å². The summed E-state index contributed by atoms with van der Waals surface area (Å²) in [7, 11) is 0. The van der Waals surface area contributed by atoms with Crippen molar-refractivity contribution < 1.29 is 9.90 Å². The second-order valence-corrected chi connectivity index (χ2v) is 2.21. The highest BCUT2D eigenvalue weighted by Crippen LogP contribution is 1.96. The summed E-state index contributed by atoms with van der Waals surface area (Å²) in [5, 5.41) is 10.9. The van der Waals surface area contributed by atoms with Crippen molar-refractivity contribution in [3.8, 4) is 0 Å². The summed E-state index contributed by atoms with van der Waals surface area (Å²) in [5.74, 6) is -0.104. The molecule has 3 heteroatoms. The van der Waals surface area contributed by atoms with Gasteiger partial charge in [0.25, 0.3) is 0 Å². The molecule has 0 heterocycles. The van der Waals surface area contributed by atoms with E-state index in [-0.39, 0.29) is 12.5 Å². The average Bonchev–Trinajstić information content (AvgIpc) is 2.01. The highest BCUT2D eigenvalue weighted by molar-refractivity contribution is 5.84. The number of carbonyl (C=O) groups excluding carboxylic acids is 1. The average molecular weight is 157 g/mol. The molecule has 3 nitrogen and oxygen atoms in total. The first-order valence-corrected chi connectivity index (χ1v) is 3.82. The lowest BCUT2D eigenvalue weighted by Crippen LogP contribution is -2.26. The van der Waals surface area contributed by atoms with Crippen molar-refractivity contribution in [1.29, 1.82) is 0 Å². The van der Waals surface area contributed by atoms with Gasteiger partial charge in [0.05, 0.1) is 6.61 Å². The van der Waals surface area contributed by atoms with E-state index in [0.29, 0.717) is 6.54 Å². The van der Waals surface area contributed by atoms with E-state index in [1.807, 2.05) is 0 Å². The fourth-order valence-electron chi connectivity index (χ4n) is 0.629. The normalized spacial score (nSPS) is 9.64. The van der Waals surface area contributed by atoms with Gasteiger partial charge in [-0.2, -0.15) is 0 Å². The van der Waals surface area contributed by atoms with Crippen LogP contribution < -0.4 is 5.32 Å². The van der Waals surface area contributed by atoms with E-state index >= 15 is 0 Å². The molecule has 2 radical (unpaired) electrons. The lowest BCUT2D eigenvalue weighted by molar-refractivity contribution is -0.118. The highest BCUT2D eigenvalue weighted by atomic mass is 16.3. The zero-order valence-corrected chi connectivity index (χ0v) is 6.68. The molecule has 0 rings (SSSR count). The number of aliphatic hydroxyl groups excluding tert-OH is 1. The molecular weight excluding hydrogens is 142 g/mol. The summed E-state index contributed by atoms with van der Waals surface area (Å²) in [6.07, 6.45) is 4.14. The van der Waals surface area contributed by atoms with Crippen molar-refractivity contribution >= 4 is 5.91 Å². The standard InChI is InChI=1S/C8H15NO2/c1-2-3-4-5-8(11)9-6-7-10/h5,10H,1-4,6-7H2,(H,9,11). The van der Waals surface area contributed by atoms with Gasteiger partial charge in [-0.25, -0.2) is 0 Å². The third kappa shape index (κ3) is 7.33. The molecule has 0 fully saturated rings. The molecule has 0 aliphatic rings. The van der Waals surface area contributed by atoms with Crippen molar-refractivity contribution in [1.82, 2.24) is 5.32 Å². The molecule has 0 saturated carbocycles. The van der Waals surface area contributed by atoms with Crippen molar-refractivity contribution in [2.45, 2.75) is 19.3 Å². The second-order valence-electron chi connectivity index (χ2n) is 2.21. The molecule has 0 unspecified atom stereocenters. The van der Waals surface area contributed by atoms with E-state index in [4.69, 9.17) is 5.11 Å². The van der Waals surface area contributed by atoms with E-state index in [0.717, 1.165) is 19.3 Å². The predicted molar refractivity (Wildman–Crippen MR) is 43.6 cm³/mol. The molecule has 1 amide bonds. The maximum atomic E-state index is 10.8. The van der Waals surface area contributed by atoms with E-state index < -0.39 is 0 Å². The van der Waals surface area contributed by atoms with Crippen LogP contribution in [-0.2, 0) is 4.79 Å². The van der Waals surface area contributed by atoms with Crippen LogP contribution in [0, 0.1) is 13.3 Å². The van der Waals surface area contributed by atoms with Gasteiger partial charge in [0.2, 0.25) is 5.91 Å². The number of amides is 1. The number of aliphatic hydroxyl groups is 1. The topological polar surface area (TPSA) is 49.3 Å². The fraction of sp³-hybridized carbons (Fsp3) is 0.625. The molecule has 64 valence electrons. The van der Waals surface area contributed by atoms with E-state index in [1.54, 1.807) is 6.42 Å². The Morgan fingerprint density at radius 3 is 2.91 bits per heavy atom. The van der Waals surface area contributed by atoms with E-state index in [1.165, 1.54) is 0 Å².